The van der Waals surface area contributed by atoms with Crippen LogP contribution in [0.1, 0.15) is 6.92 Å². The maximum absolute atomic E-state index is 11.5. The van der Waals surface area contributed by atoms with Crippen LogP contribution in [0.15, 0.2) is 0 Å². The number of carbonyl (C=O) groups is 2. The molecule has 2 unspecified atom stereocenters. The van der Waals surface area contributed by atoms with Crippen LogP contribution in [-0.4, -0.2) is 55.4 Å². The van der Waals surface area contributed by atoms with Crippen molar-refractivity contribution in [3.63, 3.8) is 0 Å². The Morgan fingerprint density at radius 2 is 2.18 bits per heavy atom. The first-order chi connectivity index (χ1) is 7.92. The number of nitriles is 1. The molecule has 0 aliphatic carbocycles. The number of carboxylic acid groups (broad SMARTS) is 1. The highest BCUT2D eigenvalue weighted by Gasteiger charge is 2.18. The molecule has 2 atom stereocenters. The Balaban J connectivity index is 4.09. The van der Waals surface area contributed by atoms with Crippen LogP contribution < -0.4 is 5.32 Å². The van der Waals surface area contributed by atoms with Crippen LogP contribution in [0.3, 0.4) is 0 Å². The molecular weight excluding hydrogens is 226 g/mol. The standard InChI is InChI=1S/C10H17N3O4/c1-7(4-11)6-13(2)10(16)12-5-8(17-3)9(14)15/h7-8H,5-6H2,1-3H3,(H,12,16)(H,14,15). The average molecular weight is 243 g/mol. The lowest BCUT2D eigenvalue weighted by Crippen LogP contribution is -2.44. The normalized spacial score (nSPS) is 13.3. The van der Waals surface area contributed by atoms with Crippen molar-refractivity contribution in [2.24, 2.45) is 5.92 Å². The van der Waals surface area contributed by atoms with Crippen molar-refractivity contribution in [1.82, 2.24) is 10.2 Å². The fourth-order valence-electron chi connectivity index (χ4n) is 1.12. The fourth-order valence-corrected chi connectivity index (χ4v) is 1.12. The summed E-state index contributed by atoms with van der Waals surface area (Å²) in [6, 6.07) is 1.57. The van der Waals surface area contributed by atoms with Crippen LogP contribution in [0.2, 0.25) is 0 Å². The van der Waals surface area contributed by atoms with E-state index in [0.717, 1.165) is 0 Å². The molecule has 0 aromatic rings. The van der Waals surface area contributed by atoms with Gasteiger partial charge in [0.15, 0.2) is 6.10 Å². The van der Waals surface area contributed by atoms with Crippen LogP contribution in [0.25, 0.3) is 0 Å². The van der Waals surface area contributed by atoms with E-state index in [1.165, 1.54) is 19.1 Å². The van der Waals surface area contributed by atoms with Gasteiger partial charge in [-0.1, -0.05) is 0 Å². The molecule has 0 aromatic heterocycles. The third-order valence-electron chi connectivity index (χ3n) is 2.11. The first kappa shape index (κ1) is 15.2. The number of aliphatic carboxylic acids is 1. The van der Waals surface area contributed by atoms with E-state index in [-0.39, 0.29) is 19.0 Å². The lowest BCUT2D eigenvalue weighted by atomic mass is 10.2. The summed E-state index contributed by atoms with van der Waals surface area (Å²) in [5.74, 6) is -1.41. The highest BCUT2D eigenvalue weighted by molar-refractivity contribution is 5.76. The van der Waals surface area contributed by atoms with Gasteiger partial charge in [0.2, 0.25) is 0 Å². The number of urea groups is 1. The molecule has 0 rings (SSSR count). The van der Waals surface area contributed by atoms with E-state index in [9.17, 15) is 9.59 Å². The van der Waals surface area contributed by atoms with Gasteiger partial charge < -0.3 is 20.1 Å². The molecule has 0 aromatic carbocycles. The van der Waals surface area contributed by atoms with Gasteiger partial charge in [0.1, 0.15) is 0 Å². The van der Waals surface area contributed by atoms with Crippen molar-refractivity contribution < 1.29 is 19.4 Å². The summed E-state index contributed by atoms with van der Waals surface area (Å²) in [4.78, 5) is 23.4. The van der Waals surface area contributed by atoms with Gasteiger partial charge in [-0.15, -0.1) is 0 Å². The number of rotatable bonds is 6. The molecule has 2 amide bonds. The summed E-state index contributed by atoms with van der Waals surface area (Å²) in [5.41, 5.74) is 0. The van der Waals surface area contributed by atoms with E-state index in [4.69, 9.17) is 10.4 Å². The van der Waals surface area contributed by atoms with E-state index in [1.54, 1.807) is 6.92 Å². The van der Waals surface area contributed by atoms with Crippen LogP contribution in [0.5, 0.6) is 0 Å². The molecule has 7 heteroatoms. The Kier molecular flexibility index (Phi) is 6.67. The molecule has 2 N–H and O–H groups in total. The number of carbonyl (C=O) groups excluding carboxylic acids is 1. The highest BCUT2D eigenvalue weighted by Crippen LogP contribution is 1.96. The third kappa shape index (κ3) is 5.73. The van der Waals surface area contributed by atoms with E-state index in [1.807, 2.05) is 6.07 Å². The molecule has 17 heavy (non-hydrogen) atoms. The van der Waals surface area contributed by atoms with Crippen LogP contribution >= 0.6 is 0 Å². The van der Waals surface area contributed by atoms with Crippen molar-refractivity contribution in [2.45, 2.75) is 13.0 Å². The van der Waals surface area contributed by atoms with Crippen LogP contribution in [0, 0.1) is 17.2 Å². The van der Waals surface area contributed by atoms with E-state index in [2.05, 4.69) is 10.1 Å². The maximum Gasteiger partial charge on any atom is 0.334 e. The Morgan fingerprint density at radius 1 is 1.59 bits per heavy atom. The smallest absolute Gasteiger partial charge is 0.334 e. The van der Waals surface area contributed by atoms with Gasteiger partial charge in [0, 0.05) is 20.7 Å². The molecule has 0 bridgehead atoms. The van der Waals surface area contributed by atoms with Crippen molar-refractivity contribution in [3.8, 4) is 6.07 Å². The Labute approximate surface area is 100.0 Å². The van der Waals surface area contributed by atoms with Crippen molar-refractivity contribution >= 4 is 12.0 Å². The molecular formula is C10H17N3O4. The van der Waals surface area contributed by atoms with Crippen molar-refractivity contribution in [3.05, 3.63) is 0 Å². The monoisotopic (exact) mass is 243 g/mol. The quantitative estimate of drug-likeness (QED) is 0.677. The van der Waals surface area contributed by atoms with Gasteiger partial charge in [-0.3, -0.25) is 0 Å². The van der Waals surface area contributed by atoms with Gasteiger partial charge in [-0.2, -0.15) is 5.26 Å². The first-order valence-electron chi connectivity index (χ1n) is 5.06. The number of nitrogens with zero attached hydrogens (tertiary/aromatic N) is 2. The van der Waals surface area contributed by atoms with Gasteiger partial charge in [0.05, 0.1) is 18.5 Å². The Hall–Kier alpha value is -1.81. The van der Waals surface area contributed by atoms with Gasteiger partial charge in [0.25, 0.3) is 0 Å². The van der Waals surface area contributed by atoms with E-state index < -0.39 is 18.1 Å². The summed E-state index contributed by atoms with van der Waals surface area (Å²) < 4.78 is 4.66. The lowest BCUT2D eigenvalue weighted by molar-refractivity contribution is -0.148. The number of hydrogen-bond donors (Lipinski definition) is 2. The first-order valence-corrected chi connectivity index (χ1v) is 5.06. The number of methoxy groups -OCH3 is 1. The lowest BCUT2D eigenvalue weighted by Gasteiger charge is -2.20. The molecule has 0 saturated carbocycles. The molecule has 0 radical (unpaired) electrons. The summed E-state index contributed by atoms with van der Waals surface area (Å²) in [6.45, 7) is 1.86. The maximum atomic E-state index is 11.5. The summed E-state index contributed by atoms with van der Waals surface area (Å²) in [7, 11) is 2.79. The minimum atomic E-state index is -1.14. The second kappa shape index (κ2) is 7.46. The van der Waals surface area contributed by atoms with Crippen LogP contribution in [0.4, 0.5) is 4.79 Å². The Bertz CT molecular complexity index is 313. The van der Waals surface area contributed by atoms with Crippen molar-refractivity contribution in [1.29, 1.82) is 5.26 Å². The van der Waals surface area contributed by atoms with Crippen molar-refractivity contribution in [2.75, 3.05) is 27.2 Å². The molecule has 0 aliphatic rings. The molecule has 96 valence electrons. The molecule has 0 fully saturated rings. The molecule has 7 nitrogen and oxygen atoms in total. The zero-order valence-electron chi connectivity index (χ0n) is 10.1. The topological polar surface area (TPSA) is 103 Å². The van der Waals surface area contributed by atoms with Crippen LogP contribution in [-0.2, 0) is 9.53 Å². The molecule has 0 aliphatic heterocycles. The molecule has 0 heterocycles. The minimum Gasteiger partial charge on any atom is -0.479 e. The zero-order valence-corrected chi connectivity index (χ0v) is 10.1. The molecule has 0 spiro atoms. The number of amides is 2. The van der Waals surface area contributed by atoms with E-state index >= 15 is 0 Å². The summed E-state index contributed by atoms with van der Waals surface area (Å²) in [6.07, 6.45) is -1.07. The Morgan fingerprint density at radius 3 is 2.59 bits per heavy atom. The van der Waals surface area contributed by atoms with Gasteiger partial charge >= 0.3 is 12.0 Å². The number of carboxylic acids is 1. The third-order valence-corrected chi connectivity index (χ3v) is 2.11. The predicted octanol–water partition coefficient (Wildman–Crippen LogP) is -0.113. The summed E-state index contributed by atoms with van der Waals surface area (Å²) >= 11 is 0. The second-order valence-corrected chi connectivity index (χ2v) is 3.66. The SMILES string of the molecule is COC(CNC(=O)N(C)CC(C)C#N)C(=O)O. The van der Waals surface area contributed by atoms with Gasteiger partial charge in [-0.05, 0) is 6.92 Å². The molecule has 0 saturated heterocycles. The largest absolute Gasteiger partial charge is 0.479 e. The minimum absolute atomic E-state index is 0.115. The fraction of sp³-hybridized carbons (Fsp3) is 0.700. The second-order valence-electron chi connectivity index (χ2n) is 3.66. The van der Waals surface area contributed by atoms with E-state index in [0.29, 0.717) is 0 Å². The highest BCUT2D eigenvalue weighted by atomic mass is 16.5. The number of ether oxygens (including phenoxy) is 1. The number of nitrogens with one attached hydrogen (secondary N) is 1. The summed E-state index contributed by atoms with van der Waals surface area (Å²) in [5, 5.41) is 19.7. The average Bonchev–Trinajstić information content (AvgIpc) is 2.28. The van der Waals surface area contributed by atoms with Gasteiger partial charge in [-0.25, -0.2) is 9.59 Å². The predicted molar refractivity (Wildman–Crippen MR) is 59.2 cm³/mol. The zero-order chi connectivity index (χ0) is 13.4. The number of hydrogen-bond acceptors (Lipinski definition) is 4.